The average Bonchev–Trinajstić information content (AvgIpc) is 2.44. The number of nitro groups is 1. The molecule has 5 nitrogen and oxygen atoms in total. The predicted octanol–water partition coefficient (Wildman–Crippen LogP) is 4.08. The van der Waals surface area contributed by atoms with Crippen LogP contribution in [0.15, 0.2) is 30.3 Å². The zero-order chi connectivity index (χ0) is 16.4. The van der Waals surface area contributed by atoms with Crippen LogP contribution in [0.2, 0.25) is 0 Å². The minimum Gasteiger partial charge on any atom is -0.321 e. The molecule has 1 amide bonds. The lowest BCUT2D eigenvalue weighted by atomic mass is 10.00. The molecule has 0 unspecified atom stereocenters. The van der Waals surface area contributed by atoms with Crippen molar-refractivity contribution in [2.24, 2.45) is 0 Å². The summed E-state index contributed by atoms with van der Waals surface area (Å²) < 4.78 is 0. The fourth-order valence-electron chi connectivity index (χ4n) is 2.25. The van der Waals surface area contributed by atoms with Crippen LogP contribution < -0.4 is 5.32 Å². The number of benzene rings is 2. The molecule has 2 aromatic rings. The lowest BCUT2D eigenvalue weighted by molar-refractivity contribution is -0.384. The van der Waals surface area contributed by atoms with Gasteiger partial charge in [-0.05, 0) is 56.0 Å². The monoisotopic (exact) mass is 298 g/mol. The Balaban J connectivity index is 2.35. The van der Waals surface area contributed by atoms with Crippen LogP contribution in [0.4, 0.5) is 11.4 Å². The molecule has 0 bridgehead atoms. The zero-order valence-corrected chi connectivity index (χ0v) is 13.1. The van der Waals surface area contributed by atoms with Gasteiger partial charge in [-0.2, -0.15) is 0 Å². The first-order valence-electron chi connectivity index (χ1n) is 6.94. The number of nitro benzene ring substituents is 1. The molecule has 0 spiro atoms. The molecule has 0 radical (unpaired) electrons. The first-order chi connectivity index (χ1) is 10.3. The normalized spacial score (nSPS) is 10.4. The van der Waals surface area contributed by atoms with E-state index >= 15 is 0 Å². The number of nitrogens with zero attached hydrogens (tertiary/aromatic N) is 1. The fourth-order valence-corrected chi connectivity index (χ4v) is 2.25. The van der Waals surface area contributed by atoms with Gasteiger partial charge in [0.2, 0.25) is 0 Å². The highest BCUT2D eigenvalue weighted by molar-refractivity contribution is 6.06. The molecule has 0 aliphatic heterocycles. The largest absolute Gasteiger partial charge is 0.321 e. The van der Waals surface area contributed by atoms with Gasteiger partial charge in [-0.25, -0.2) is 0 Å². The third-order valence-electron chi connectivity index (χ3n) is 3.77. The highest BCUT2D eigenvalue weighted by Crippen LogP contribution is 2.23. The summed E-state index contributed by atoms with van der Waals surface area (Å²) in [4.78, 5) is 22.8. The number of rotatable bonds is 3. The van der Waals surface area contributed by atoms with Crippen molar-refractivity contribution in [1.82, 2.24) is 0 Å². The van der Waals surface area contributed by atoms with Crippen LogP contribution in [0.3, 0.4) is 0 Å². The second kappa shape index (κ2) is 5.97. The molecule has 22 heavy (non-hydrogen) atoms. The van der Waals surface area contributed by atoms with Crippen molar-refractivity contribution in [1.29, 1.82) is 0 Å². The lowest BCUT2D eigenvalue weighted by Gasteiger charge is -2.12. The Morgan fingerprint density at radius 3 is 2.23 bits per heavy atom. The maximum Gasteiger partial charge on any atom is 0.271 e. The molecule has 5 heteroatoms. The molecule has 114 valence electrons. The number of nitrogens with one attached hydrogen (secondary N) is 1. The van der Waals surface area contributed by atoms with E-state index in [-0.39, 0.29) is 11.6 Å². The molecule has 0 atom stereocenters. The van der Waals surface area contributed by atoms with Gasteiger partial charge in [0.25, 0.3) is 11.6 Å². The molecule has 1 N–H and O–H groups in total. The molecule has 0 saturated carbocycles. The maximum atomic E-state index is 12.5. The van der Waals surface area contributed by atoms with Crippen molar-refractivity contribution >= 4 is 17.3 Å². The third-order valence-corrected chi connectivity index (χ3v) is 3.77. The summed E-state index contributed by atoms with van der Waals surface area (Å²) in [5.41, 5.74) is 4.81. The van der Waals surface area contributed by atoms with Gasteiger partial charge in [0.05, 0.1) is 10.6 Å². The fraction of sp³-hybridized carbons (Fsp3) is 0.235. The molecule has 2 aromatic carbocycles. The van der Waals surface area contributed by atoms with Crippen LogP contribution in [-0.2, 0) is 0 Å². The Hall–Kier alpha value is -2.69. The maximum absolute atomic E-state index is 12.5. The minimum atomic E-state index is -0.476. The zero-order valence-electron chi connectivity index (χ0n) is 13.1. The number of hydrogen-bond donors (Lipinski definition) is 1. The van der Waals surface area contributed by atoms with Crippen LogP contribution in [-0.4, -0.2) is 10.8 Å². The number of non-ortho nitro benzene ring substituents is 1. The first kappa shape index (κ1) is 15.7. The SMILES string of the molecule is Cc1cc(C)c(C(=O)Nc2cc([N+](=O)[O-])ccc2C)cc1C. The van der Waals surface area contributed by atoms with E-state index in [2.05, 4.69) is 5.32 Å². The van der Waals surface area contributed by atoms with E-state index in [1.807, 2.05) is 32.9 Å². The van der Waals surface area contributed by atoms with E-state index < -0.39 is 4.92 Å². The Bertz CT molecular complexity index is 767. The van der Waals surface area contributed by atoms with Gasteiger partial charge in [-0.15, -0.1) is 0 Å². The van der Waals surface area contributed by atoms with Crippen molar-refractivity contribution in [2.75, 3.05) is 5.32 Å². The predicted molar refractivity (Wildman–Crippen MR) is 86.4 cm³/mol. The first-order valence-corrected chi connectivity index (χ1v) is 6.94. The van der Waals surface area contributed by atoms with E-state index in [1.165, 1.54) is 12.1 Å². The second-order valence-corrected chi connectivity index (χ2v) is 5.46. The topological polar surface area (TPSA) is 72.2 Å². The van der Waals surface area contributed by atoms with E-state index in [0.717, 1.165) is 22.3 Å². The molecule has 0 fully saturated rings. The molecular weight excluding hydrogens is 280 g/mol. The van der Waals surface area contributed by atoms with Gasteiger partial charge in [0.1, 0.15) is 0 Å². The molecule has 0 heterocycles. The van der Waals surface area contributed by atoms with E-state index in [0.29, 0.717) is 11.3 Å². The minimum absolute atomic E-state index is 0.0438. The number of aryl methyl sites for hydroxylation is 4. The van der Waals surface area contributed by atoms with Gasteiger partial charge < -0.3 is 5.32 Å². The van der Waals surface area contributed by atoms with Crippen LogP contribution in [0.1, 0.15) is 32.6 Å². The highest BCUT2D eigenvalue weighted by Gasteiger charge is 2.14. The van der Waals surface area contributed by atoms with Crippen molar-refractivity contribution in [2.45, 2.75) is 27.7 Å². The summed E-state index contributed by atoms with van der Waals surface area (Å²) in [6, 6.07) is 8.23. The molecule has 0 aliphatic carbocycles. The van der Waals surface area contributed by atoms with Crippen LogP contribution in [0.5, 0.6) is 0 Å². The van der Waals surface area contributed by atoms with Gasteiger partial charge in [0.15, 0.2) is 0 Å². The number of anilines is 1. The standard InChI is InChI=1S/C17H18N2O3/c1-10-5-6-14(19(21)22)9-16(10)18-17(20)15-8-12(3)11(2)7-13(15)4/h5-9H,1-4H3,(H,18,20). The number of amides is 1. The van der Waals surface area contributed by atoms with Gasteiger partial charge in [-0.1, -0.05) is 12.1 Å². The average molecular weight is 298 g/mol. The van der Waals surface area contributed by atoms with Crippen molar-refractivity contribution < 1.29 is 9.72 Å². The summed E-state index contributed by atoms with van der Waals surface area (Å²) in [5, 5.41) is 13.6. The molecule has 2 rings (SSSR count). The number of carbonyl (C=O) groups is 1. The Labute approximate surface area is 129 Å². The summed E-state index contributed by atoms with van der Waals surface area (Å²) >= 11 is 0. The summed E-state index contributed by atoms with van der Waals surface area (Å²) in [6.45, 7) is 7.62. The van der Waals surface area contributed by atoms with Crippen LogP contribution >= 0.6 is 0 Å². The number of hydrogen-bond acceptors (Lipinski definition) is 3. The van der Waals surface area contributed by atoms with E-state index in [4.69, 9.17) is 0 Å². The lowest BCUT2D eigenvalue weighted by Crippen LogP contribution is -2.15. The number of carbonyl (C=O) groups excluding carboxylic acids is 1. The van der Waals surface area contributed by atoms with E-state index in [1.54, 1.807) is 13.0 Å². The summed E-state index contributed by atoms with van der Waals surface area (Å²) in [6.07, 6.45) is 0. The highest BCUT2D eigenvalue weighted by atomic mass is 16.6. The smallest absolute Gasteiger partial charge is 0.271 e. The molecular formula is C17H18N2O3. The van der Waals surface area contributed by atoms with Crippen LogP contribution in [0, 0.1) is 37.8 Å². The van der Waals surface area contributed by atoms with E-state index in [9.17, 15) is 14.9 Å². The van der Waals surface area contributed by atoms with Gasteiger partial charge in [-0.3, -0.25) is 14.9 Å². The van der Waals surface area contributed by atoms with Crippen molar-refractivity contribution in [3.05, 3.63) is 68.3 Å². The molecule has 0 saturated heterocycles. The van der Waals surface area contributed by atoms with Crippen molar-refractivity contribution in [3.8, 4) is 0 Å². The Kier molecular flexibility index (Phi) is 4.26. The van der Waals surface area contributed by atoms with Crippen LogP contribution in [0.25, 0.3) is 0 Å². The Morgan fingerprint density at radius 1 is 0.955 bits per heavy atom. The third kappa shape index (κ3) is 3.14. The Morgan fingerprint density at radius 2 is 1.59 bits per heavy atom. The molecule has 0 aliphatic rings. The van der Waals surface area contributed by atoms with Gasteiger partial charge in [0, 0.05) is 17.7 Å². The quantitative estimate of drug-likeness (QED) is 0.685. The summed E-state index contributed by atoms with van der Waals surface area (Å²) in [7, 11) is 0. The molecule has 0 aromatic heterocycles. The second-order valence-electron chi connectivity index (χ2n) is 5.46. The summed E-state index contributed by atoms with van der Waals surface area (Å²) in [5.74, 6) is -0.260. The van der Waals surface area contributed by atoms with Crippen molar-refractivity contribution in [3.63, 3.8) is 0 Å². The van der Waals surface area contributed by atoms with Gasteiger partial charge >= 0.3 is 0 Å².